The van der Waals surface area contributed by atoms with Gasteiger partial charge >= 0.3 is 0 Å². The topological polar surface area (TPSA) is 47.8 Å². The lowest BCUT2D eigenvalue weighted by molar-refractivity contribution is 0.101. The Balaban J connectivity index is 0.000000581. The van der Waals surface area contributed by atoms with E-state index in [1.165, 1.54) is 23.1 Å². The first-order chi connectivity index (χ1) is 8.29. The minimum atomic E-state index is 0.0357. The van der Waals surface area contributed by atoms with E-state index in [2.05, 4.69) is 10.2 Å². The quantitative estimate of drug-likeness (QED) is 0.768. The van der Waals surface area contributed by atoms with E-state index in [0.717, 1.165) is 5.00 Å². The summed E-state index contributed by atoms with van der Waals surface area (Å²) in [6, 6.07) is 1.78. The molecule has 0 aliphatic rings. The van der Waals surface area contributed by atoms with Gasteiger partial charge in [-0.2, -0.15) is 10.2 Å². The van der Waals surface area contributed by atoms with Gasteiger partial charge in [-0.25, -0.2) is 0 Å². The van der Waals surface area contributed by atoms with Crippen molar-refractivity contribution in [2.24, 2.45) is 0 Å². The number of ketones is 1. The fraction of sp³-hybridized carbons (Fsp3) is 0.417. The van der Waals surface area contributed by atoms with Gasteiger partial charge in [0.1, 0.15) is 5.00 Å². The van der Waals surface area contributed by atoms with Gasteiger partial charge in [0.15, 0.2) is 5.78 Å². The van der Waals surface area contributed by atoms with E-state index < -0.39 is 0 Å². The van der Waals surface area contributed by atoms with Crippen LogP contribution in [0.15, 0.2) is 23.8 Å². The number of rotatable bonds is 2. The van der Waals surface area contributed by atoms with Crippen LogP contribution in [0.5, 0.6) is 0 Å². The van der Waals surface area contributed by atoms with E-state index in [0.29, 0.717) is 5.56 Å². The highest BCUT2D eigenvalue weighted by Crippen LogP contribution is 2.20. The van der Waals surface area contributed by atoms with Gasteiger partial charge in [0.25, 0.3) is 0 Å². The summed E-state index contributed by atoms with van der Waals surface area (Å²) in [6.07, 6.45) is 3.17. The van der Waals surface area contributed by atoms with Crippen LogP contribution in [0.1, 0.15) is 45.0 Å². The van der Waals surface area contributed by atoms with Crippen molar-refractivity contribution in [1.29, 1.82) is 0 Å². The Morgan fingerprint density at radius 2 is 1.71 bits per heavy atom. The highest BCUT2D eigenvalue weighted by molar-refractivity contribution is 7.12. The molecule has 0 fully saturated rings. The second-order valence-electron chi connectivity index (χ2n) is 2.51. The first kappa shape index (κ1) is 15.5. The molecule has 0 unspecified atom stereocenters. The van der Waals surface area contributed by atoms with Gasteiger partial charge in [-0.05, 0) is 18.4 Å². The lowest BCUT2D eigenvalue weighted by Crippen LogP contribution is -2.01. The van der Waals surface area contributed by atoms with Crippen molar-refractivity contribution < 1.29 is 4.79 Å². The highest BCUT2D eigenvalue weighted by Gasteiger charge is 2.10. The summed E-state index contributed by atoms with van der Waals surface area (Å²) in [6.45, 7) is 9.54. The van der Waals surface area contributed by atoms with Crippen LogP contribution < -0.4 is 0 Å². The number of nitrogens with zero attached hydrogens (tertiary/aromatic N) is 3. The molecule has 0 saturated heterocycles. The van der Waals surface area contributed by atoms with Crippen molar-refractivity contribution in [3.05, 3.63) is 29.4 Å². The van der Waals surface area contributed by atoms with Crippen molar-refractivity contribution >= 4 is 17.1 Å². The van der Waals surface area contributed by atoms with Gasteiger partial charge in [0, 0.05) is 0 Å². The third-order valence-corrected chi connectivity index (χ3v) is 2.50. The van der Waals surface area contributed by atoms with Crippen LogP contribution in [0.2, 0.25) is 0 Å². The Labute approximate surface area is 106 Å². The number of aromatic nitrogens is 3. The molecule has 2 rings (SSSR count). The molecule has 0 amide bonds. The Hall–Kier alpha value is -1.49. The van der Waals surface area contributed by atoms with Crippen molar-refractivity contribution in [3.8, 4) is 5.00 Å². The van der Waals surface area contributed by atoms with Gasteiger partial charge in [-0.3, -0.25) is 4.79 Å². The summed E-state index contributed by atoms with van der Waals surface area (Å²) < 4.78 is 0. The summed E-state index contributed by atoms with van der Waals surface area (Å²) in [5.74, 6) is 0.0357. The zero-order chi connectivity index (χ0) is 13.3. The fourth-order valence-electron chi connectivity index (χ4n) is 1.04. The first-order valence-corrected chi connectivity index (χ1v) is 6.62. The molecule has 0 spiro atoms. The lowest BCUT2D eigenvalue weighted by Gasteiger charge is -1.96. The van der Waals surface area contributed by atoms with Crippen LogP contribution in [-0.2, 0) is 0 Å². The predicted octanol–water partition coefficient (Wildman–Crippen LogP) is 3.58. The van der Waals surface area contributed by atoms with Crippen molar-refractivity contribution in [2.45, 2.75) is 34.6 Å². The third kappa shape index (κ3) is 4.11. The molecule has 0 aliphatic heterocycles. The molecule has 0 saturated carbocycles. The van der Waals surface area contributed by atoms with Gasteiger partial charge in [-0.15, -0.1) is 16.1 Å². The molecule has 5 heteroatoms. The molecular weight excluding hydrogens is 234 g/mol. The molecule has 2 heterocycles. The highest BCUT2D eigenvalue weighted by atomic mass is 32.1. The molecule has 0 bridgehead atoms. The normalized spacial score (nSPS) is 8.53. The zero-order valence-electron chi connectivity index (χ0n) is 11.0. The number of carbonyl (C=O) groups excluding carboxylic acids is 1. The van der Waals surface area contributed by atoms with Crippen LogP contribution >= 0.6 is 11.3 Å². The molecule has 4 nitrogen and oxygen atoms in total. The number of hydrogen-bond acceptors (Lipinski definition) is 4. The molecule has 94 valence electrons. The van der Waals surface area contributed by atoms with E-state index in [-0.39, 0.29) is 5.78 Å². The molecule has 17 heavy (non-hydrogen) atoms. The van der Waals surface area contributed by atoms with Gasteiger partial charge < -0.3 is 0 Å². The third-order valence-electron chi connectivity index (χ3n) is 1.62. The predicted molar refractivity (Wildman–Crippen MR) is 71.9 cm³/mol. The average molecular weight is 253 g/mol. The second-order valence-corrected chi connectivity index (χ2v) is 3.41. The fourth-order valence-corrected chi connectivity index (χ4v) is 1.91. The SMILES string of the molecule is CC.CC.CC(=O)c1ccsc1-n1nccn1. The van der Waals surface area contributed by atoms with Crippen LogP contribution in [0, 0.1) is 0 Å². The monoisotopic (exact) mass is 253 g/mol. The van der Waals surface area contributed by atoms with Crippen LogP contribution in [0.25, 0.3) is 5.00 Å². The van der Waals surface area contributed by atoms with E-state index >= 15 is 0 Å². The number of carbonyl (C=O) groups is 1. The van der Waals surface area contributed by atoms with Gasteiger partial charge in [-0.1, -0.05) is 27.7 Å². The first-order valence-electron chi connectivity index (χ1n) is 5.74. The Morgan fingerprint density at radius 3 is 2.18 bits per heavy atom. The summed E-state index contributed by atoms with van der Waals surface area (Å²) in [5.41, 5.74) is 0.668. The number of thiophene rings is 1. The van der Waals surface area contributed by atoms with Crippen LogP contribution in [0.3, 0.4) is 0 Å². The van der Waals surface area contributed by atoms with Gasteiger partial charge in [0.05, 0.1) is 18.0 Å². The molecular formula is C12H19N3OS. The molecule has 0 atom stereocenters. The summed E-state index contributed by atoms with van der Waals surface area (Å²) in [5, 5.41) is 10.6. The second kappa shape index (κ2) is 8.64. The number of Topliss-reactive ketones (excluding diaryl/α,β-unsaturated/α-hetero) is 1. The molecule has 2 aromatic heterocycles. The van der Waals surface area contributed by atoms with Gasteiger partial charge in [0.2, 0.25) is 0 Å². The Kier molecular flexibility index (Phi) is 7.88. The van der Waals surface area contributed by atoms with Crippen LogP contribution in [0.4, 0.5) is 0 Å². The zero-order valence-corrected chi connectivity index (χ0v) is 11.8. The molecule has 2 aromatic rings. The maximum atomic E-state index is 11.2. The molecule has 0 N–H and O–H groups in total. The van der Waals surface area contributed by atoms with Crippen molar-refractivity contribution in [2.75, 3.05) is 0 Å². The molecule has 0 aromatic carbocycles. The maximum Gasteiger partial charge on any atom is 0.162 e. The largest absolute Gasteiger partial charge is 0.294 e. The lowest BCUT2D eigenvalue weighted by atomic mass is 10.2. The van der Waals surface area contributed by atoms with E-state index in [4.69, 9.17) is 0 Å². The Morgan fingerprint density at radius 1 is 1.18 bits per heavy atom. The Bertz CT molecular complexity index is 421. The molecule has 0 aliphatic carbocycles. The smallest absolute Gasteiger partial charge is 0.162 e. The van der Waals surface area contributed by atoms with Crippen molar-refractivity contribution in [1.82, 2.24) is 15.0 Å². The van der Waals surface area contributed by atoms with E-state index in [1.54, 1.807) is 18.5 Å². The summed E-state index contributed by atoms with van der Waals surface area (Å²) in [4.78, 5) is 12.6. The van der Waals surface area contributed by atoms with E-state index in [9.17, 15) is 4.79 Å². The number of hydrogen-bond donors (Lipinski definition) is 0. The van der Waals surface area contributed by atoms with Crippen LogP contribution in [-0.4, -0.2) is 20.8 Å². The summed E-state index contributed by atoms with van der Waals surface area (Å²) in [7, 11) is 0. The average Bonchev–Trinajstić information content (AvgIpc) is 3.04. The van der Waals surface area contributed by atoms with E-state index in [1.807, 2.05) is 33.1 Å². The minimum absolute atomic E-state index is 0.0357. The van der Waals surface area contributed by atoms with Crippen molar-refractivity contribution in [3.63, 3.8) is 0 Å². The standard InChI is InChI=1S/C8H7N3OS.2C2H6/c1-6(12)7-2-5-13-8(7)11-9-3-4-10-11;2*1-2/h2-5H,1H3;2*1-2H3. The summed E-state index contributed by atoms with van der Waals surface area (Å²) >= 11 is 1.45. The molecule has 0 radical (unpaired) electrons. The maximum absolute atomic E-state index is 11.2. The minimum Gasteiger partial charge on any atom is -0.294 e.